The summed E-state index contributed by atoms with van der Waals surface area (Å²) in [6, 6.07) is 0. The van der Waals surface area contributed by atoms with Gasteiger partial charge in [-0.05, 0) is 53.7 Å². The van der Waals surface area contributed by atoms with E-state index in [9.17, 15) is 30.0 Å². The zero-order valence-electron chi connectivity index (χ0n) is 21.5. The highest BCUT2D eigenvalue weighted by molar-refractivity contribution is 6.05. The molecule has 0 spiro atoms. The van der Waals surface area contributed by atoms with E-state index in [1.54, 1.807) is 51.2 Å². The van der Waals surface area contributed by atoms with Crippen molar-refractivity contribution in [2.75, 3.05) is 0 Å². The molecule has 2 aliphatic carbocycles. The molecule has 0 amide bonds. The summed E-state index contributed by atoms with van der Waals surface area (Å²) in [6.45, 7) is 9.35. The average Bonchev–Trinajstić information content (AvgIpc) is 3.00. The normalized spacial score (nSPS) is 42.3. The van der Waals surface area contributed by atoms with Crippen molar-refractivity contribution in [1.82, 2.24) is 0 Å². The van der Waals surface area contributed by atoms with Crippen LogP contribution in [0.15, 0.2) is 70.5 Å². The molecule has 194 valence electrons. The number of hydrogen-bond donors (Lipinski definition) is 4. The third-order valence-corrected chi connectivity index (χ3v) is 8.11. The van der Waals surface area contributed by atoms with Crippen LogP contribution in [0.3, 0.4) is 0 Å². The number of Topliss-reactive ketones (excluding diaryl/α,β-unsaturated/α-hetero) is 2. The topological polar surface area (TPSA) is 134 Å². The summed E-state index contributed by atoms with van der Waals surface area (Å²) in [5.41, 5.74) is -5.44. The van der Waals surface area contributed by atoms with E-state index in [-0.39, 0.29) is 46.9 Å². The minimum atomic E-state index is -2.41. The first-order valence-corrected chi connectivity index (χ1v) is 12.1. The van der Waals surface area contributed by atoms with Gasteiger partial charge < -0.3 is 29.9 Å². The minimum absolute atomic E-state index is 0.0393. The first kappa shape index (κ1) is 26.1. The van der Waals surface area contributed by atoms with E-state index in [0.29, 0.717) is 0 Å². The van der Waals surface area contributed by atoms with Crippen molar-refractivity contribution in [2.24, 2.45) is 11.3 Å². The van der Waals surface area contributed by atoms with Crippen molar-refractivity contribution in [3.8, 4) is 0 Å². The zero-order chi connectivity index (χ0) is 26.8. The largest absolute Gasteiger partial charge is 0.508 e. The van der Waals surface area contributed by atoms with Crippen LogP contribution >= 0.6 is 0 Å². The molecule has 4 N–H and O–H groups in total. The first-order valence-electron chi connectivity index (χ1n) is 12.1. The molecule has 0 bridgehead atoms. The van der Waals surface area contributed by atoms with Gasteiger partial charge in [0.1, 0.15) is 34.6 Å². The van der Waals surface area contributed by atoms with E-state index in [1.165, 1.54) is 26.8 Å². The van der Waals surface area contributed by atoms with Crippen LogP contribution in [0.1, 0.15) is 54.4 Å². The molecular formula is C28H34O8. The van der Waals surface area contributed by atoms with Gasteiger partial charge in [0.25, 0.3) is 0 Å². The lowest BCUT2D eigenvalue weighted by molar-refractivity contribution is -0.332. The molecule has 1 fully saturated rings. The summed E-state index contributed by atoms with van der Waals surface area (Å²) in [5, 5.41) is 46.0. The van der Waals surface area contributed by atoms with E-state index in [0.717, 1.165) is 0 Å². The summed E-state index contributed by atoms with van der Waals surface area (Å²) in [6.07, 6.45) is 8.99. The fourth-order valence-corrected chi connectivity index (χ4v) is 6.45. The maximum atomic E-state index is 13.6. The molecule has 0 radical (unpaired) electrons. The van der Waals surface area contributed by atoms with Gasteiger partial charge in [-0.15, -0.1) is 0 Å². The molecule has 0 aromatic heterocycles. The number of carbonyl (C=O) groups excluding carboxylic acids is 2. The molecule has 2 heterocycles. The first-order chi connectivity index (χ1) is 16.7. The van der Waals surface area contributed by atoms with Gasteiger partial charge in [0.15, 0.2) is 11.6 Å². The zero-order valence-corrected chi connectivity index (χ0v) is 21.5. The lowest BCUT2D eigenvalue weighted by Gasteiger charge is -2.54. The Hall–Kier alpha value is -2.94. The van der Waals surface area contributed by atoms with Crippen LogP contribution in [0.5, 0.6) is 0 Å². The molecule has 6 atom stereocenters. The second-order valence-corrected chi connectivity index (χ2v) is 10.5. The minimum Gasteiger partial charge on any atom is -0.508 e. The standard InChI is InChI=1S/C28H34O8/c1-7-9-10-12-18(29)20-21(31)15(3)23(32)27(6)22(20)26(5)24-17(14-25(4,33)28(26,34)36-27)19(30)13-16(35-24)11-8-2/h7-12,16,22,29,31,33-34H,13-14H2,1-6H3/t16-,22-,25+,26-,27+,28+/m1/s1. The molecule has 4 rings (SSSR count). The average molecular weight is 499 g/mol. The lowest BCUT2D eigenvalue weighted by atomic mass is 9.53. The smallest absolute Gasteiger partial charge is 0.209 e. The number of ether oxygens (including phenoxy) is 2. The lowest BCUT2D eigenvalue weighted by Crippen LogP contribution is -2.66. The van der Waals surface area contributed by atoms with Crippen LogP contribution in [-0.2, 0) is 19.1 Å². The van der Waals surface area contributed by atoms with Gasteiger partial charge >= 0.3 is 0 Å². The van der Waals surface area contributed by atoms with Crippen LogP contribution in [0.2, 0.25) is 0 Å². The number of aliphatic hydroxyl groups excluding tert-OH is 2. The summed E-state index contributed by atoms with van der Waals surface area (Å²) in [4.78, 5) is 26.8. The number of hydrogen-bond acceptors (Lipinski definition) is 8. The predicted octanol–water partition coefficient (Wildman–Crippen LogP) is 3.79. The fourth-order valence-electron chi connectivity index (χ4n) is 6.45. The highest BCUT2D eigenvalue weighted by Crippen LogP contribution is 2.69. The van der Waals surface area contributed by atoms with Gasteiger partial charge in [-0.25, -0.2) is 0 Å². The second kappa shape index (κ2) is 8.30. The van der Waals surface area contributed by atoms with Gasteiger partial charge in [-0.3, -0.25) is 9.59 Å². The summed E-state index contributed by atoms with van der Waals surface area (Å²) in [7, 11) is 0. The van der Waals surface area contributed by atoms with Crippen LogP contribution in [0.4, 0.5) is 0 Å². The quantitative estimate of drug-likeness (QED) is 0.262. The number of fused-ring (bicyclic) bond motifs is 4. The maximum Gasteiger partial charge on any atom is 0.209 e. The molecule has 4 aliphatic rings. The molecule has 0 unspecified atom stereocenters. The summed E-state index contributed by atoms with van der Waals surface area (Å²) < 4.78 is 12.4. The number of aliphatic hydroxyl groups is 4. The number of allylic oxidation sites excluding steroid dienone is 6. The van der Waals surface area contributed by atoms with Crippen molar-refractivity contribution < 1.29 is 39.5 Å². The van der Waals surface area contributed by atoms with E-state index >= 15 is 0 Å². The van der Waals surface area contributed by atoms with Gasteiger partial charge in [0, 0.05) is 29.1 Å². The van der Waals surface area contributed by atoms with Crippen molar-refractivity contribution in [3.05, 3.63) is 70.5 Å². The molecule has 0 aromatic rings. The molecule has 1 saturated heterocycles. The number of rotatable bonds is 3. The molecule has 0 saturated carbocycles. The van der Waals surface area contributed by atoms with Crippen LogP contribution < -0.4 is 0 Å². The molecule has 8 nitrogen and oxygen atoms in total. The number of carbonyl (C=O) groups is 2. The molecule has 2 aliphatic heterocycles. The van der Waals surface area contributed by atoms with E-state index < -0.39 is 46.0 Å². The molecule has 0 aromatic carbocycles. The van der Waals surface area contributed by atoms with Crippen LogP contribution in [-0.4, -0.2) is 55.1 Å². The van der Waals surface area contributed by atoms with E-state index in [2.05, 4.69) is 0 Å². The molecule has 8 heteroatoms. The van der Waals surface area contributed by atoms with Gasteiger partial charge in [-0.2, -0.15) is 0 Å². The predicted molar refractivity (Wildman–Crippen MR) is 132 cm³/mol. The van der Waals surface area contributed by atoms with Crippen molar-refractivity contribution in [1.29, 1.82) is 0 Å². The number of ketones is 2. The Balaban J connectivity index is 2.09. The summed E-state index contributed by atoms with van der Waals surface area (Å²) >= 11 is 0. The SMILES string of the molecule is CC=CC=CC(O)=C1C(O)=C(C)C(=O)[C@@]2(C)O[C@@]3(O)[C@@](C)(O)CC4=C(O[C@H](C=CC)CC4=O)[C@@]3(C)[C@@H]12. The third-order valence-electron chi connectivity index (χ3n) is 8.11. The highest BCUT2D eigenvalue weighted by atomic mass is 16.7. The molecule has 36 heavy (non-hydrogen) atoms. The molecular weight excluding hydrogens is 464 g/mol. The third kappa shape index (κ3) is 3.17. The second-order valence-electron chi connectivity index (χ2n) is 10.5. The Bertz CT molecular complexity index is 1210. The Morgan fingerprint density at radius 2 is 1.75 bits per heavy atom. The monoisotopic (exact) mass is 498 g/mol. The maximum absolute atomic E-state index is 13.6. The Morgan fingerprint density at radius 1 is 1.08 bits per heavy atom. The van der Waals surface area contributed by atoms with Crippen LogP contribution in [0.25, 0.3) is 0 Å². The van der Waals surface area contributed by atoms with Crippen LogP contribution in [0, 0.1) is 11.3 Å². The van der Waals surface area contributed by atoms with Gasteiger partial charge in [0.2, 0.25) is 5.79 Å². The van der Waals surface area contributed by atoms with Gasteiger partial charge in [0.05, 0.1) is 11.8 Å². The van der Waals surface area contributed by atoms with E-state index in [4.69, 9.17) is 9.47 Å². The summed E-state index contributed by atoms with van der Waals surface area (Å²) in [5.74, 6) is -5.18. The Kier molecular flexibility index (Phi) is 6.02. The van der Waals surface area contributed by atoms with E-state index in [1.807, 2.05) is 0 Å². The Morgan fingerprint density at radius 3 is 2.36 bits per heavy atom. The van der Waals surface area contributed by atoms with Gasteiger partial charge in [-0.1, -0.05) is 24.3 Å². The van der Waals surface area contributed by atoms with Crippen molar-refractivity contribution >= 4 is 11.6 Å². The van der Waals surface area contributed by atoms with Crippen molar-refractivity contribution in [3.63, 3.8) is 0 Å². The highest BCUT2D eigenvalue weighted by Gasteiger charge is 2.80. The Labute approximate surface area is 210 Å². The van der Waals surface area contributed by atoms with Crippen molar-refractivity contribution in [2.45, 2.75) is 77.5 Å². The fraction of sp³-hybridized carbons (Fsp3) is 0.500.